The van der Waals surface area contributed by atoms with Crippen molar-refractivity contribution in [2.75, 3.05) is 5.32 Å². The molecule has 158 valence electrons. The van der Waals surface area contributed by atoms with Crippen molar-refractivity contribution in [2.24, 2.45) is 0 Å². The van der Waals surface area contributed by atoms with Crippen LogP contribution in [-0.4, -0.2) is 46.3 Å². The monoisotopic (exact) mass is 463 g/mol. The lowest BCUT2D eigenvalue weighted by atomic mass is 10.3. The van der Waals surface area contributed by atoms with E-state index in [9.17, 15) is 14.0 Å². The molecule has 4 rings (SSSR count). The third-order valence-electron chi connectivity index (χ3n) is 3.58. The van der Waals surface area contributed by atoms with Gasteiger partial charge in [-0.25, -0.2) is 34.1 Å². The zero-order valence-electron chi connectivity index (χ0n) is 15.6. The van der Waals surface area contributed by atoms with Crippen molar-refractivity contribution < 1.29 is 19.1 Å². The lowest BCUT2D eigenvalue weighted by Crippen LogP contribution is -2.14. The van der Waals surface area contributed by atoms with Gasteiger partial charge in [0.05, 0.1) is 36.2 Å². The molecule has 0 aliphatic heterocycles. The number of anilines is 1. The van der Waals surface area contributed by atoms with Gasteiger partial charge in [0, 0.05) is 18.5 Å². The number of rotatable bonds is 3. The number of aromatic carboxylic acids is 1. The van der Waals surface area contributed by atoms with E-state index in [-0.39, 0.29) is 27.3 Å². The van der Waals surface area contributed by atoms with Crippen LogP contribution in [0.15, 0.2) is 43.2 Å². The second-order valence-electron chi connectivity index (χ2n) is 5.90. The first-order valence-corrected chi connectivity index (χ1v) is 9.13. The zero-order chi connectivity index (χ0) is 22.5. The van der Waals surface area contributed by atoms with Crippen LogP contribution in [0.3, 0.4) is 0 Å². The molecule has 10 nitrogen and oxygen atoms in total. The topological polar surface area (TPSA) is 135 Å². The SMILES string of the molecule is Cc1cn2cc(NC(=O)c3cnc(Cl)cn3)cc(F)c2n1.O=C(O)c1cnc(Cl)cn1. The molecule has 0 fully saturated rings. The normalized spacial score (nSPS) is 10.3. The molecule has 0 aromatic carbocycles. The van der Waals surface area contributed by atoms with Gasteiger partial charge in [0.2, 0.25) is 0 Å². The third-order valence-corrected chi connectivity index (χ3v) is 3.97. The van der Waals surface area contributed by atoms with Gasteiger partial charge in [0.1, 0.15) is 16.0 Å². The summed E-state index contributed by atoms with van der Waals surface area (Å²) in [5.41, 5.74) is 1.16. The molecule has 0 bridgehead atoms. The van der Waals surface area contributed by atoms with Crippen LogP contribution in [0.4, 0.5) is 10.1 Å². The van der Waals surface area contributed by atoms with Crippen LogP contribution >= 0.6 is 23.2 Å². The fourth-order valence-electron chi connectivity index (χ4n) is 2.30. The van der Waals surface area contributed by atoms with E-state index in [0.29, 0.717) is 11.4 Å². The quantitative estimate of drug-likeness (QED) is 0.472. The van der Waals surface area contributed by atoms with Gasteiger partial charge in [-0.05, 0) is 6.92 Å². The molecule has 0 saturated carbocycles. The van der Waals surface area contributed by atoms with Crippen molar-refractivity contribution >= 4 is 46.4 Å². The van der Waals surface area contributed by atoms with Crippen LogP contribution in [-0.2, 0) is 0 Å². The smallest absolute Gasteiger partial charge is 0.356 e. The Bertz CT molecular complexity index is 1250. The molecule has 0 spiro atoms. The van der Waals surface area contributed by atoms with Gasteiger partial charge in [-0.3, -0.25) is 4.79 Å². The molecule has 0 unspecified atom stereocenters. The van der Waals surface area contributed by atoms with Crippen LogP contribution in [0.1, 0.15) is 26.7 Å². The highest BCUT2D eigenvalue weighted by Gasteiger charge is 2.12. The van der Waals surface area contributed by atoms with Crippen LogP contribution < -0.4 is 5.32 Å². The van der Waals surface area contributed by atoms with Gasteiger partial charge < -0.3 is 14.8 Å². The Balaban J connectivity index is 0.000000229. The maximum absolute atomic E-state index is 13.9. The van der Waals surface area contributed by atoms with Crippen molar-refractivity contribution in [1.82, 2.24) is 29.3 Å². The predicted molar refractivity (Wildman–Crippen MR) is 109 cm³/mol. The van der Waals surface area contributed by atoms with E-state index in [4.69, 9.17) is 28.3 Å². The van der Waals surface area contributed by atoms with Gasteiger partial charge >= 0.3 is 5.97 Å². The summed E-state index contributed by atoms with van der Waals surface area (Å²) in [6.45, 7) is 1.76. The molecule has 0 atom stereocenters. The number of hydrogen-bond donors (Lipinski definition) is 2. The van der Waals surface area contributed by atoms with E-state index < -0.39 is 17.7 Å². The van der Waals surface area contributed by atoms with E-state index >= 15 is 0 Å². The third kappa shape index (κ3) is 5.68. The summed E-state index contributed by atoms with van der Waals surface area (Å²) < 4.78 is 15.4. The molecule has 0 aliphatic rings. The summed E-state index contributed by atoms with van der Waals surface area (Å²) in [6, 6.07) is 1.20. The highest BCUT2D eigenvalue weighted by atomic mass is 35.5. The van der Waals surface area contributed by atoms with Crippen LogP contribution in [0, 0.1) is 12.7 Å². The Kier molecular flexibility index (Phi) is 6.68. The average Bonchev–Trinajstić information content (AvgIpc) is 3.10. The first-order valence-electron chi connectivity index (χ1n) is 8.37. The molecule has 0 radical (unpaired) electrons. The molecule has 1 amide bonds. The van der Waals surface area contributed by atoms with Gasteiger partial charge in [-0.2, -0.15) is 0 Å². The lowest BCUT2D eigenvalue weighted by molar-refractivity contribution is 0.0689. The zero-order valence-corrected chi connectivity index (χ0v) is 17.1. The van der Waals surface area contributed by atoms with Crippen LogP contribution in [0.5, 0.6) is 0 Å². The molecule has 0 aliphatic carbocycles. The van der Waals surface area contributed by atoms with Crippen molar-refractivity contribution in [1.29, 1.82) is 0 Å². The molecule has 31 heavy (non-hydrogen) atoms. The fraction of sp³-hybridized carbons (Fsp3) is 0.0556. The Morgan fingerprint density at radius 2 is 1.61 bits per heavy atom. The number of aryl methyl sites for hydroxylation is 1. The number of carbonyl (C=O) groups excluding carboxylic acids is 1. The maximum atomic E-state index is 13.9. The van der Waals surface area contributed by atoms with Gasteiger partial charge in [-0.1, -0.05) is 23.2 Å². The molecule has 2 N–H and O–H groups in total. The number of carboxylic acids is 1. The van der Waals surface area contributed by atoms with E-state index in [1.165, 1.54) is 29.1 Å². The Morgan fingerprint density at radius 3 is 2.16 bits per heavy atom. The van der Waals surface area contributed by atoms with Gasteiger partial charge in [0.15, 0.2) is 17.2 Å². The van der Waals surface area contributed by atoms with Crippen molar-refractivity contribution in [3.8, 4) is 0 Å². The van der Waals surface area contributed by atoms with E-state index in [1.807, 2.05) is 0 Å². The molecule has 4 aromatic heterocycles. The number of nitrogens with one attached hydrogen (secondary N) is 1. The summed E-state index contributed by atoms with van der Waals surface area (Å²) in [7, 11) is 0. The number of fused-ring (bicyclic) bond motifs is 1. The number of imidazole rings is 1. The van der Waals surface area contributed by atoms with Gasteiger partial charge in [0.25, 0.3) is 5.91 Å². The summed E-state index contributed by atoms with van der Waals surface area (Å²) in [4.78, 5) is 40.8. The average molecular weight is 464 g/mol. The largest absolute Gasteiger partial charge is 0.476 e. The van der Waals surface area contributed by atoms with Crippen molar-refractivity contribution in [3.05, 3.63) is 76.5 Å². The molecular formula is C18H12Cl2FN7O3. The highest BCUT2D eigenvalue weighted by Crippen LogP contribution is 2.16. The molecule has 13 heteroatoms. The minimum absolute atomic E-state index is 0.0849. The van der Waals surface area contributed by atoms with E-state index in [1.54, 1.807) is 19.3 Å². The second-order valence-corrected chi connectivity index (χ2v) is 6.67. The summed E-state index contributed by atoms with van der Waals surface area (Å²) in [6.07, 6.45) is 8.03. The Hall–Kier alpha value is -3.70. The molecule has 4 heterocycles. The van der Waals surface area contributed by atoms with Crippen LogP contribution in [0.2, 0.25) is 10.3 Å². The van der Waals surface area contributed by atoms with Crippen molar-refractivity contribution in [3.63, 3.8) is 0 Å². The number of hydrogen-bond acceptors (Lipinski definition) is 7. The number of carbonyl (C=O) groups is 2. The fourth-order valence-corrected chi connectivity index (χ4v) is 2.49. The maximum Gasteiger partial charge on any atom is 0.356 e. The minimum atomic E-state index is -1.11. The first kappa shape index (κ1) is 22.0. The molecular weight excluding hydrogens is 452 g/mol. The number of aromatic nitrogens is 6. The highest BCUT2D eigenvalue weighted by molar-refractivity contribution is 6.29. The molecule has 0 saturated heterocycles. The Labute approximate surface area is 183 Å². The lowest BCUT2D eigenvalue weighted by Gasteiger charge is -2.05. The van der Waals surface area contributed by atoms with Crippen LogP contribution in [0.25, 0.3) is 5.65 Å². The van der Waals surface area contributed by atoms with E-state index in [2.05, 4.69) is 30.2 Å². The Morgan fingerprint density at radius 1 is 1.00 bits per heavy atom. The number of halogens is 3. The number of carboxylic acid groups (broad SMARTS) is 1. The number of pyridine rings is 1. The van der Waals surface area contributed by atoms with Gasteiger partial charge in [-0.15, -0.1) is 0 Å². The number of nitrogens with zero attached hydrogens (tertiary/aromatic N) is 6. The standard InChI is InChI=1S/C13H9ClFN5O.C5H3ClN2O2/c1-7-5-20-6-8(2-9(15)12(20)18-7)19-13(21)10-3-17-11(14)4-16-10;6-4-2-7-3(1-8-4)5(9)10/h2-6H,1H3,(H,19,21);1-2H,(H,9,10). The first-order chi connectivity index (χ1) is 14.7. The molecule has 4 aromatic rings. The summed E-state index contributed by atoms with van der Waals surface area (Å²) >= 11 is 10.9. The predicted octanol–water partition coefficient (Wildman–Crippen LogP) is 3.31. The number of amides is 1. The van der Waals surface area contributed by atoms with Crippen molar-refractivity contribution in [2.45, 2.75) is 6.92 Å². The summed E-state index contributed by atoms with van der Waals surface area (Å²) in [5.74, 6) is -2.14. The van der Waals surface area contributed by atoms with E-state index in [0.717, 1.165) is 6.20 Å². The minimum Gasteiger partial charge on any atom is -0.476 e. The summed E-state index contributed by atoms with van der Waals surface area (Å²) in [5, 5.41) is 11.2. The second kappa shape index (κ2) is 9.41.